The highest BCUT2D eigenvalue weighted by atomic mass is 31.2. The number of phosphoric ester groups is 1. The minimum absolute atomic E-state index is 0.0280. The number of phosphoric acid groups is 1. The largest absolute Gasteiger partial charge is 0.756 e. The van der Waals surface area contributed by atoms with Gasteiger partial charge in [0, 0.05) is 12.8 Å². The summed E-state index contributed by atoms with van der Waals surface area (Å²) in [6.45, 7) is 3.99. The molecule has 2 atom stereocenters. The Morgan fingerprint density at radius 3 is 1.86 bits per heavy atom. The Morgan fingerprint density at radius 1 is 0.771 bits per heavy atom. The number of carbonyl (C=O) groups is 2. The number of nitrogens with zero attached hydrogens (tertiary/aromatic N) is 1. The van der Waals surface area contributed by atoms with Gasteiger partial charge in [-0.25, -0.2) is 0 Å². The van der Waals surface area contributed by atoms with Crippen LogP contribution in [-0.2, 0) is 32.7 Å². The van der Waals surface area contributed by atoms with E-state index in [1.165, 1.54) is 19.3 Å². The lowest BCUT2D eigenvalue weighted by Crippen LogP contribution is -2.37. The summed E-state index contributed by atoms with van der Waals surface area (Å²) in [7, 11) is 1.16. The summed E-state index contributed by atoms with van der Waals surface area (Å²) < 4.78 is 33.1. The summed E-state index contributed by atoms with van der Waals surface area (Å²) in [5.41, 5.74) is 0. The molecule has 208 valence electrons. The Balaban J connectivity index is 4.60. The molecular formula is C25H50NO8P. The molecule has 9 nitrogen and oxygen atoms in total. The van der Waals surface area contributed by atoms with E-state index in [-0.39, 0.29) is 26.1 Å². The Morgan fingerprint density at radius 2 is 1.29 bits per heavy atom. The summed E-state index contributed by atoms with van der Waals surface area (Å²) in [5, 5.41) is 0. The van der Waals surface area contributed by atoms with E-state index >= 15 is 0 Å². The maximum absolute atomic E-state index is 12.3. The van der Waals surface area contributed by atoms with Crippen LogP contribution >= 0.6 is 7.82 Å². The van der Waals surface area contributed by atoms with Gasteiger partial charge in [0.1, 0.15) is 19.8 Å². The van der Waals surface area contributed by atoms with Gasteiger partial charge in [-0.2, -0.15) is 0 Å². The number of ether oxygens (including phenoxy) is 2. The Hall–Kier alpha value is -0.990. The van der Waals surface area contributed by atoms with Gasteiger partial charge in [0.05, 0.1) is 27.7 Å². The second-order valence-electron chi connectivity index (χ2n) is 10.1. The first kappa shape index (κ1) is 34.0. The van der Waals surface area contributed by atoms with Crippen molar-refractivity contribution in [1.82, 2.24) is 0 Å². The summed E-state index contributed by atoms with van der Waals surface area (Å²) in [5.74, 6) is -0.864. The molecule has 0 rings (SSSR count). The number of unbranched alkanes of at least 4 members (excludes halogenated alkanes) is 9. The van der Waals surface area contributed by atoms with E-state index in [0.717, 1.165) is 44.9 Å². The first-order valence-electron chi connectivity index (χ1n) is 13.2. The second-order valence-corrected chi connectivity index (χ2v) is 11.5. The average molecular weight is 524 g/mol. The van der Waals surface area contributed by atoms with Gasteiger partial charge in [0.15, 0.2) is 6.10 Å². The zero-order chi connectivity index (χ0) is 26.6. The van der Waals surface area contributed by atoms with E-state index < -0.39 is 32.5 Å². The minimum atomic E-state index is -4.58. The zero-order valence-corrected chi connectivity index (χ0v) is 23.7. The van der Waals surface area contributed by atoms with Gasteiger partial charge in [-0.05, 0) is 12.8 Å². The first-order valence-corrected chi connectivity index (χ1v) is 14.7. The predicted molar refractivity (Wildman–Crippen MR) is 135 cm³/mol. The van der Waals surface area contributed by atoms with Gasteiger partial charge in [-0.1, -0.05) is 71.6 Å². The molecule has 0 aromatic carbocycles. The molecule has 0 fully saturated rings. The Bertz CT molecular complexity index is 609. The number of rotatable bonds is 23. The van der Waals surface area contributed by atoms with Gasteiger partial charge in [0.25, 0.3) is 7.82 Å². The predicted octanol–water partition coefficient (Wildman–Crippen LogP) is 4.76. The third-order valence-corrected chi connectivity index (χ3v) is 6.34. The van der Waals surface area contributed by atoms with E-state index in [9.17, 15) is 19.0 Å². The van der Waals surface area contributed by atoms with Crippen LogP contribution in [0.15, 0.2) is 0 Å². The maximum Gasteiger partial charge on any atom is 0.306 e. The molecule has 0 bridgehead atoms. The molecule has 2 unspecified atom stereocenters. The lowest BCUT2D eigenvalue weighted by atomic mass is 10.1. The quantitative estimate of drug-likeness (QED) is 0.0816. The molecule has 0 N–H and O–H groups in total. The van der Waals surface area contributed by atoms with Crippen molar-refractivity contribution in [3.05, 3.63) is 0 Å². The number of esters is 2. The molecule has 0 spiro atoms. The number of quaternary nitrogens is 1. The van der Waals surface area contributed by atoms with Crippen LogP contribution in [0.4, 0.5) is 0 Å². The monoisotopic (exact) mass is 523 g/mol. The maximum atomic E-state index is 12.3. The van der Waals surface area contributed by atoms with Crippen molar-refractivity contribution >= 4 is 19.8 Å². The molecule has 0 saturated carbocycles. The highest BCUT2D eigenvalue weighted by Gasteiger charge is 2.21. The minimum Gasteiger partial charge on any atom is -0.756 e. The Labute approximate surface area is 213 Å². The molecule has 0 aliphatic heterocycles. The number of hydrogen-bond acceptors (Lipinski definition) is 8. The van der Waals surface area contributed by atoms with E-state index in [1.54, 1.807) is 0 Å². The fraction of sp³-hybridized carbons (Fsp3) is 0.920. The van der Waals surface area contributed by atoms with Crippen molar-refractivity contribution in [2.75, 3.05) is 47.5 Å². The van der Waals surface area contributed by atoms with Crippen molar-refractivity contribution in [3.8, 4) is 0 Å². The molecule has 0 heterocycles. The number of likely N-dealkylation sites (N-methyl/N-ethyl adjacent to an activating group) is 1. The fourth-order valence-corrected chi connectivity index (χ4v) is 3.91. The highest BCUT2D eigenvalue weighted by molar-refractivity contribution is 7.45. The standard InChI is InChI=1S/C25H50NO8P/c1-6-8-10-12-13-14-16-18-25(28)34-23(21-31-24(27)17-15-11-9-7-2)22-33-35(29,30)32-20-19-26(3,4)5/h23H,6-22H2,1-5H3. The van der Waals surface area contributed by atoms with Crippen molar-refractivity contribution in [2.24, 2.45) is 0 Å². The van der Waals surface area contributed by atoms with Crippen molar-refractivity contribution in [1.29, 1.82) is 0 Å². The van der Waals surface area contributed by atoms with Gasteiger partial charge in [-0.3, -0.25) is 14.2 Å². The lowest BCUT2D eigenvalue weighted by Gasteiger charge is -2.28. The smallest absolute Gasteiger partial charge is 0.306 e. The topological polar surface area (TPSA) is 111 Å². The Kier molecular flexibility index (Phi) is 19.5. The fourth-order valence-electron chi connectivity index (χ4n) is 3.18. The molecule has 0 aromatic rings. The molecule has 0 aliphatic rings. The lowest BCUT2D eigenvalue weighted by molar-refractivity contribution is -0.870. The third-order valence-electron chi connectivity index (χ3n) is 5.38. The van der Waals surface area contributed by atoms with E-state index in [2.05, 4.69) is 13.8 Å². The number of carbonyl (C=O) groups excluding carboxylic acids is 2. The molecular weight excluding hydrogens is 473 g/mol. The average Bonchev–Trinajstić information content (AvgIpc) is 2.77. The van der Waals surface area contributed by atoms with Crippen molar-refractivity contribution in [2.45, 2.75) is 103 Å². The first-order chi connectivity index (χ1) is 16.5. The van der Waals surface area contributed by atoms with Crippen LogP contribution in [-0.4, -0.2) is 70.0 Å². The molecule has 0 amide bonds. The van der Waals surface area contributed by atoms with Crippen LogP contribution in [0.1, 0.15) is 97.3 Å². The van der Waals surface area contributed by atoms with Gasteiger partial charge < -0.3 is 27.9 Å². The SMILES string of the molecule is CCCCCCCCCC(=O)OC(COC(=O)CCCCCC)COP(=O)([O-])OCC[N+](C)(C)C. The van der Waals surface area contributed by atoms with Crippen LogP contribution < -0.4 is 4.89 Å². The highest BCUT2D eigenvalue weighted by Crippen LogP contribution is 2.38. The summed E-state index contributed by atoms with van der Waals surface area (Å²) in [6.07, 6.45) is 10.7. The number of hydrogen-bond donors (Lipinski definition) is 0. The van der Waals surface area contributed by atoms with E-state index in [4.69, 9.17) is 18.5 Å². The normalized spacial score (nSPS) is 14.3. The van der Waals surface area contributed by atoms with Crippen molar-refractivity contribution < 1.29 is 42.1 Å². The molecule has 0 saturated heterocycles. The van der Waals surface area contributed by atoms with Gasteiger partial charge >= 0.3 is 11.9 Å². The van der Waals surface area contributed by atoms with Crippen LogP contribution in [0.3, 0.4) is 0 Å². The summed E-state index contributed by atoms with van der Waals surface area (Å²) in [6, 6.07) is 0. The molecule has 0 aromatic heterocycles. The van der Waals surface area contributed by atoms with Gasteiger partial charge in [-0.15, -0.1) is 0 Å². The zero-order valence-electron chi connectivity index (χ0n) is 22.8. The van der Waals surface area contributed by atoms with Gasteiger partial charge in [0.2, 0.25) is 0 Å². The van der Waals surface area contributed by atoms with E-state index in [0.29, 0.717) is 17.4 Å². The second kappa shape index (κ2) is 20.1. The summed E-state index contributed by atoms with van der Waals surface area (Å²) >= 11 is 0. The molecule has 10 heteroatoms. The molecule has 0 aliphatic carbocycles. The van der Waals surface area contributed by atoms with Crippen LogP contribution in [0.25, 0.3) is 0 Å². The van der Waals surface area contributed by atoms with Crippen LogP contribution in [0.2, 0.25) is 0 Å². The summed E-state index contributed by atoms with van der Waals surface area (Å²) in [4.78, 5) is 36.4. The molecule has 35 heavy (non-hydrogen) atoms. The third kappa shape index (κ3) is 23.2. The van der Waals surface area contributed by atoms with Crippen LogP contribution in [0.5, 0.6) is 0 Å². The van der Waals surface area contributed by atoms with Crippen molar-refractivity contribution in [3.63, 3.8) is 0 Å². The molecule has 0 radical (unpaired) electrons. The van der Waals surface area contributed by atoms with Crippen LogP contribution in [0, 0.1) is 0 Å². The van der Waals surface area contributed by atoms with E-state index in [1.807, 2.05) is 21.1 Å².